The van der Waals surface area contributed by atoms with Crippen LogP contribution in [0.5, 0.6) is 0 Å². The summed E-state index contributed by atoms with van der Waals surface area (Å²) in [5, 5.41) is 14.0. The lowest BCUT2D eigenvalue weighted by molar-refractivity contribution is 0.340. The molecule has 0 spiro atoms. The Bertz CT molecular complexity index is 666. The number of halogens is 1. The summed E-state index contributed by atoms with van der Waals surface area (Å²) in [4.78, 5) is 6.61. The molecule has 1 fully saturated rings. The normalized spacial score (nSPS) is 14.9. The number of nitriles is 1. The Morgan fingerprint density at radius 2 is 2.25 bits per heavy atom. The Morgan fingerprint density at radius 3 is 2.90 bits per heavy atom. The zero-order chi connectivity index (χ0) is 14.1. The third-order valence-corrected chi connectivity index (χ3v) is 3.63. The van der Waals surface area contributed by atoms with Gasteiger partial charge < -0.3 is 4.90 Å². The summed E-state index contributed by atoms with van der Waals surface area (Å²) in [6, 6.07) is 5.90. The minimum Gasteiger partial charge on any atom is -0.355 e. The second kappa shape index (κ2) is 5.14. The van der Waals surface area contributed by atoms with Crippen LogP contribution in [0.25, 0.3) is 0 Å². The van der Waals surface area contributed by atoms with Gasteiger partial charge in [0.2, 0.25) is 0 Å². The van der Waals surface area contributed by atoms with E-state index in [9.17, 15) is 0 Å². The maximum Gasteiger partial charge on any atom is 0.146 e. The highest BCUT2D eigenvalue weighted by Gasteiger charge is 2.29. The molecule has 3 rings (SSSR count). The van der Waals surface area contributed by atoms with Gasteiger partial charge in [-0.05, 0) is 19.1 Å². The van der Waals surface area contributed by atoms with Gasteiger partial charge in [-0.2, -0.15) is 10.4 Å². The van der Waals surface area contributed by atoms with Crippen molar-refractivity contribution in [1.82, 2.24) is 14.8 Å². The van der Waals surface area contributed by atoms with E-state index < -0.39 is 0 Å². The smallest absolute Gasteiger partial charge is 0.146 e. The Hall–Kier alpha value is -2.06. The van der Waals surface area contributed by atoms with E-state index in [0.29, 0.717) is 16.5 Å². The molecule has 0 aromatic carbocycles. The number of nitrogens with zero attached hydrogens (tertiary/aromatic N) is 5. The van der Waals surface area contributed by atoms with E-state index in [4.69, 9.17) is 16.9 Å². The van der Waals surface area contributed by atoms with Gasteiger partial charge in [-0.3, -0.25) is 4.68 Å². The largest absolute Gasteiger partial charge is 0.355 e. The lowest BCUT2D eigenvalue weighted by Crippen LogP contribution is -2.49. The molecule has 0 radical (unpaired) electrons. The van der Waals surface area contributed by atoms with E-state index >= 15 is 0 Å². The zero-order valence-corrected chi connectivity index (χ0v) is 11.9. The first-order valence-corrected chi connectivity index (χ1v) is 6.84. The van der Waals surface area contributed by atoms with Gasteiger partial charge in [0, 0.05) is 37.4 Å². The van der Waals surface area contributed by atoms with Crippen molar-refractivity contribution < 1.29 is 0 Å². The molecule has 0 atom stereocenters. The Morgan fingerprint density at radius 1 is 1.45 bits per heavy atom. The minimum absolute atomic E-state index is 0.514. The molecule has 2 aromatic heterocycles. The third kappa shape index (κ3) is 2.47. The fourth-order valence-electron chi connectivity index (χ4n) is 2.43. The maximum atomic E-state index is 9.14. The SMILES string of the molecule is Cc1ccc(C#N)c(N2CC(Cn3cc(Cl)cn3)C2)n1. The molecule has 102 valence electrons. The van der Waals surface area contributed by atoms with E-state index in [1.54, 1.807) is 6.20 Å². The standard InChI is InChI=1S/C14H14ClN5/c1-10-2-3-12(4-16)14(18-10)19-6-11(7-19)8-20-9-13(15)5-17-20/h2-3,5,9,11H,6-8H2,1H3. The van der Waals surface area contributed by atoms with Crippen molar-refractivity contribution in [2.75, 3.05) is 18.0 Å². The number of aryl methyl sites for hydroxylation is 1. The molecule has 3 heterocycles. The molecule has 0 aliphatic carbocycles. The van der Waals surface area contributed by atoms with Gasteiger partial charge in [0.25, 0.3) is 0 Å². The van der Waals surface area contributed by atoms with E-state index in [-0.39, 0.29) is 0 Å². The summed E-state index contributed by atoms with van der Waals surface area (Å²) in [7, 11) is 0. The highest BCUT2D eigenvalue weighted by atomic mass is 35.5. The van der Waals surface area contributed by atoms with Crippen molar-refractivity contribution in [3.63, 3.8) is 0 Å². The fraction of sp³-hybridized carbons (Fsp3) is 0.357. The van der Waals surface area contributed by atoms with E-state index in [1.807, 2.05) is 29.9 Å². The van der Waals surface area contributed by atoms with Gasteiger partial charge in [0.15, 0.2) is 0 Å². The Balaban J connectivity index is 1.66. The van der Waals surface area contributed by atoms with Crippen molar-refractivity contribution in [3.05, 3.63) is 40.8 Å². The summed E-state index contributed by atoms with van der Waals surface area (Å²) in [5.74, 6) is 1.31. The topological polar surface area (TPSA) is 57.7 Å². The van der Waals surface area contributed by atoms with Gasteiger partial charge >= 0.3 is 0 Å². The van der Waals surface area contributed by atoms with Gasteiger partial charge in [-0.1, -0.05) is 11.6 Å². The third-order valence-electron chi connectivity index (χ3n) is 3.44. The van der Waals surface area contributed by atoms with Crippen molar-refractivity contribution in [2.24, 2.45) is 5.92 Å². The van der Waals surface area contributed by atoms with Crippen molar-refractivity contribution in [1.29, 1.82) is 5.26 Å². The molecule has 5 nitrogen and oxygen atoms in total. The van der Waals surface area contributed by atoms with Crippen LogP contribution in [0.4, 0.5) is 5.82 Å². The molecule has 0 bridgehead atoms. The molecule has 1 saturated heterocycles. The lowest BCUT2D eigenvalue weighted by atomic mass is 9.99. The van der Waals surface area contributed by atoms with Crippen molar-refractivity contribution >= 4 is 17.4 Å². The molecule has 1 aliphatic rings. The van der Waals surface area contributed by atoms with Crippen LogP contribution >= 0.6 is 11.6 Å². The van der Waals surface area contributed by atoms with Crippen LogP contribution in [0.1, 0.15) is 11.3 Å². The maximum absolute atomic E-state index is 9.14. The predicted octanol–water partition coefficient (Wildman–Crippen LogP) is 2.25. The molecule has 0 unspecified atom stereocenters. The number of aromatic nitrogens is 3. The van der Waals surface area contributed by atoms with Crippen molar-refractivity contribution in [3.8, 4) is 6.07 Å². The van der Waals surface area contributed by atoms with Gasteiger partial charge in [0.1, 0.15) is 11.9 Å². The number of hydrogen-bond donors (Lipinski definition) is 0. The quantitative estimate of drug-likeness (QED) is 0.869. The summed E-state index contributed by atoms with van der Waals surface area (Å²) in [5.41, 5.74) is 1.57. The van der Waals surface area contributed by atoms with Crippen LogP contribution in [-0.2, 0) is 6.54 Å². The predicted molar refractivity (Wildman–Crippen MR) is 76.6 cm³/mol. The van der Waals surface area contributed by atoms with E-state index in [0.717, 1.165) is 31.1 Å². The monoisotopic (exact) mass is 287 g/mol. The highest BCUT2D eigenvalue weighted by molar-refractivity contribution is 6.30. The highest BCUT2D eigenvalue weighted by Crippen LogP contribution is 2.27. The molecule has 1 aliphatic heterocycles. The summed E-state index contributed by atoms with van der Waals surface area (Å²) in [6.45, 7) is 4.57. The molecular formula is C14H14ClN5. The summed E-state index contributed by atoms with van der Waals surface area (Å²) >= 11 is 5.85. The van der Waals surface area contributed by atoms with Crippen LogP contribution < -0.4 is 4.90 Å². The molecule has 20 heavy (non-hydrogen) atoms. The summed E-state index contributed by atoms with van der Waals surface area (Å²) < 4.78 is 1.86. The zero-order valence-electron chi connectivity index (χ0n) is 11.1. The van der Waals surface area contributed by atoms with Crippen LogP contribution in [0.3, 0.4) is 0 Å². The summed E-state index contributed by atoms with van der Waals surface area (Å²) in [6.07, 6.45) is 3.48. The number of rotatable bonds is 3. The minimum atomic E-state index is 0.514. The van der Waals surface area contributed by atoms with Gasteiger partial charge in [0.05, 0.1) is 16.8 Å². The Kier molecular flexibility index (Phi) is 3.33. The van der Waals surface area contributed by atoms with Crippen LogP contribution in [-0.4, -0.2) is 27.9 Å². The lowest BCUT2D eigenvalue weighted by Gasteiger charge is -2.40. The molecule has 2 aromatic rings. The van der Waals surface area contributed by atoms with E-state index in [2.05, 4.69) is 21.1 Å². The first kappa shape index (κ1) is 12.9. The number of anilines is 1. The second-order valence-electron chi connectivity index (χ2n) is 5.09. The first-order chi connectivity index (χ1) is 9.65. The fourth-order valence-corrected chi connectivity index (χ4v) is 2.59. The average Bonchev–Trinajstić information content (AvgIpc) is 2.79. The first-order valence-electron chi connectivity index (χ1n) is 6.46. The Labute approximate surface area is 122 Å². The van der Waals surface area contributed by atoms with Crippen LogP contribution in [0.2, 0.25) is 5.02 Å². The second-order valence-corrected chi connectivity index (χ2v) is 5.52. The molecular weight excluding hydrogens is 274 g/mol. The molecule has 0 amide bonds. The van der Waals surface area contributed by atoms with Crippen LogP contribution in [0.15, 0.2) is 24.5 Å². The van der Waals surface area contributed by atoms with Gasteiger partial charge in [-0.25, -0.2) is 4.98 Å². The average molecular weight is 288 g/mol. The van der Waals surface area contributed by atoms with Gasteiger partial charge in [-0.15, -0.1) is 0 Å². The number of pyridine rings is 1. The molecule has 6 heteroatoms. The molecule has 0 N–H and O–H groups in total. The number of hydrogen-bond acceptors (Lipinski definition) is 4. The molecule has 0 saturated carbocycles. The van der Waals surface area contributed by atoms with E-state index in [1.165, 1.54) is 0 Å². The van der Waals surface area contributed by atoms with Crippen molar-refractivity contribution in [2.45, 2.75) is 13.5 Å². The van der Waals surface area contributed by atoms with Crippen LogP contribution in [0, 0.1) is 24.2 Å².